The fourth-order valence-electron chi connectivity index (χ4n) is 6.75. The van der Waals surface area contributed by atoms with E-state index in [4.69, 9.17) is 0 Å². The van der Waals surface area contributed by atoms with E-state index in [0.717, 1.165) is 0 Å². The van der Waals surface area contributed by atoms with Crippen molar-refractivity contribution in [3.63, 3.8) is 0 Å². The molecule has 0 aliphatic heterocycles. The van der Waals surface area contributed by atoms with E-state index in [1.165, 1.54) is 0 Å². The van der Waals surface area contributed by atoms with Crippen molar-refractivity contribution in [2.45, 2.75) is 118 Å². The van der Waals surface area contributed by atoms with Gasteiger partial charge in [-0.05, 0) is 0 Å². The normalized spacial score (nSPS) is 14.7. The third-order valence-corrected chi connectivity index (χ3v) is 40.5. The summed E-state index contributed by atoms with van der Waals surface area (Å²) in [6.45, 7) is 45.5. The molecular formula is C20H54Si6Y+. The average molecular weight is 552 g/mol. The second-order valence-corrected chi connectivity index (χ2v) is 47.2. The van der Waals surface area contributed by atoms with Crippen LogP contribution in [-0.2, 0) is 32.7 Å². The third-order valence-electron chi connectivity index (χ3n) is 4.50. The molecule has 0 N–H and O–H groups in total. The summed E-state index contributed by atoms with van der Waals surface area (Å²) >= 11 is 0. The first-order valence-electron chi connectivity index (χ1n) is 10.5. The molecule has 0 aromatic carbocycles. The zero-order valence-electron chi connectivity index (χ0n) is 22.6. The predicted molar refractivity (Wildman–Crippen MR) is 147 cm³/mol. The number of hydrogen-bond donors (Lipinski definition) is 0. The SMILES string of the molecule is C[Si](C)(C)[C-]([Si](C)(C)C)[Si](C)(C)C.C[Si](C)(C)[C-]([Si](C)(C)C)[Si](C)(C)C.[Y+3]. The Hall–Kier alpha value is 2.41. The van der Waals surface area contributed by atoms with Gasteiger partial charge in [0.05, 0.1) is 0 Å². The summed E-state index contributed by atoms with van der Waals surface area (Å²) in [4.78, 5) is 4.12. The zero-order chi connectivity index (χ0) is 22.2. The van der Waals surface area contributed by atoms with E-state index >= 15 is 0 Å². The Morgan fingerprint density at radius 1 is 0.259 bits per heavy atom. The van der Waals surface area contributed by atoms with Crippen molar-refractivity contribution in [1.82, 2.24) is 0 Å². The molecule has 0 fully saturated rings. The summed E-state index contributed by atoms with van der Waals surface area (Å²) in [5, 5.41) is 0. The minimum Gasteiger partial charge on any atom is -0.311 e. The third kappa shape index (κ3) is 13.4. The van der Waals surface area contributed by atoms with Crippen LogP contribution in [0.2, 0.25) is 118 Å². The summed E-state index contributed by atoms with van der Waals surface area (Å²) in [7, 11) is -6.10. The Balaban J connectivity index is -0.000000411. The topological polar surface area (TPSA) is 0 Å². The maximum atomic E-state index is 2.53. The Bertz CT molecular complexity index is 314. The first-order chi connectivity index (χ1) is 10.7. The van der Waals surface area contributed by atoms with E-state index in [-0.39, 0.29) is 32.7 Å². The molecule has 0 amide bonds. The van der Waals surface area contributed by atoms with Crippen molar-refractivity contribution in [1.29, 1.82) is 0 Å². The minimum absolute atomic E-state index is 0. The van der Waals surface area contributed by atoms with Gasteiger partial charge in [0.15, 0.2) is 0 Å². The van der Waals surface area contributed by atoms with Crippen LogP contribution >= 0.6 is 0 Å². The van der Waals surface area contributed by atoms with Crippen LogP contribution in [0.4, 0.5) is 0 Å². The van der Waals surface area contributed by atoms with E-state index in [2.05, 4.69) is 127 Å². The zero-order valence-corrected chi connectivity index (χ0v) is 31.4. The molecule has 0 aliphatic carbocycles. The molecule has 0 unspecified atom stereocenters. The summed E-state index contributed by atoms with van der Waals surface area (Å²) in [6, 6.07) is 0. The van der Waals surface area contributed by atoms with Crippen LogP contribution in [0.1, 0.15) is 0 Å². The molecule has 0 aliphatic rings. The molecule has 0 saturated heterocycles. The fourth-order valence-corrected chi connectivity index (χ4v) is 60.8. The van der Waals surface area contributed by atoms with Crippen molar-refractivity contribution in [3.05, 3.63) is 9.58 Å². The summed E-state index contributed by atoms with van der Waals surface area (Å²) in [5.41, 5.74) is 0. The molecular weight excluding hydrogens is 498 g/mol. The van der Waals surface area contributed by atoms with E-state index < -0.39 is 48.4 Å². The van der Waals surface area contributed by atoms with Gasteiger partial charge in [-0.25, -0.2) is 0 Å². The molecule has 0 nitrogen and oxygen atoms in total. The molecule has 0 aromatic heterocycles. The van der Waals surface area contributed by atoms with Crippen molar-refractivity contribution in [3.8, 4) is 0 Å². The fraction of sp³-hybridized carbons (Fsp3) is 0.900. The van der Waals surface area contributed by atoms with Crippen LogP contribution in [0.3, 0.4) is 0 Å². The van der Waals surface area contributed by atoms with Crippen molar-refractivity contribution in [2.24, 2.45) is 0 Å². The molecule has 0 atom stereocenters. The summed E-state index contributed by atoms with van der Waals surface area (Å²) in [6.07, 6.45) is 0. The van der Waals surface area contributed by atoms with Gasteiger partial charge in [-0.3, -0.25) is 0 Å². The molecule has 160 valence electrons. The smallest absolute Gasteiger partial charge is 0.311 e. The van der Waals surface area contributed by atoms with Gasteiger partial charge in [0.2, 0.25) is 0 Å². The van der Waals surface area contributed by atoms with Gasteiger partial charge in [0.1, 0.15) is 0 Å². The Morgan fingerprint density at radius 3 is 0.333 bits per heavy atom. The molecule has 27 heavy (non-hydrogen) atoms. The molecule has 7 heteroatoms. The van der Waals surface area contributed by atoms with Crippen LogP contribution in [0.25, 0.3) is 0 Å². The van der Waals surface area contributed by atoms with Crippen LogP contribution < -0.4 is 0 Å². The van der Waals surface area contributed by atoms with Crippen molar-refractivity contribution in [2.75, 3.05) is 0 Å². The standard InChI is InChI=1S/2C10H27Si3.Y/c2*1-11(2,3)10(12(4,5)6)13(7,8)9;/h2*1-9H3;/q2*-1;+3. The Kier molecular flexibility index (Phi) is 13.6. The van der Waals surface area contributed by atoms with Gasteiger partial charge in [-0.1, -0.05) is 118 Å². The van der Waals surface area contributed by atoms with Crippen molar-refractivity contribution >= 4 is 48.4 Å². The average Bonchev–Trinajstić information content (AvgIpc) is 1.97. The first kappa shape index (κ1) is 34.0. The number of hydrogen-bond acceptors (Lipinski definition) is 0. The molecule has 0 heterocycles. The molecule has 0 radical (unpaired) electrons. The predicted octanol–water partition coefficient (Wildman–Crippen LogP) is 8.38. The largest absolute Gasteiger partial charge is 3.00 e. The van der Waals surface area contributed by atoms with Gasteiger partial charge < -0.3 is 9.58 Å². The van der Waals surface area contributed by atoms with Gasteiger partial charge in [0.25, 0.3) is 0 Å². The van der Waals surface area contributed by atoms with E-state index in [0.29, 0.717) is 0 Å². The van der Waals surface area contributed by atoms with Crippen LogP contribution in [0.5, 0.6) is 0 Å². The van der Waals surface area contributed by atoms with E-state index in [1.807, 2.05) is 0 Å². The second kappa shape index (κ2) is 10.8. The second-order valence-electron chi connectivity index (χ2n) is 14.2. The maximum Gasteiger partial charge on any atom is 3.00 e. The van der Waals surface area contributed by atoms with Gasteiger partial charge in [0, 0.05) is 0 Å². The van der Waals surface area contributed by atoms with Gasteiger partial charge >= 0.3 is 32.7 Å². The molecule has 0 saturated carbocycles. The van der Waals surface area contributed by atoms with E-state index in [1.54, 1.807) is 0 Å². The monoisotopic (exact) mass is 551 g/mol. The van der Waals surface area contributed by atoms with Crippen molar-refractivity contribution < 1.29 is 32.7 Å². The first-order valence-corrected chi connectivity index (χ1v) is 31.5. The van der Waals surface area contributed by atoms with Crippen LogP contribution in [-0.4, -0.2) is 48.4 Å². The molecule has 0 rings (SSSR count). The molecule has 0 spiro atoms. The van der Waals surface area contributed by atoms with Crippen LogP contribution in [0.15, 0.2) is 0 Å². The number of rotatable bonds is 6. The van der Waals surface area contributed by atoms with Crippen LogP contribution in [0, 0.1) is 9.58 Å². The quantitative estimate of drug-likeness (QED) is 0.230. The molecule has 0 bridgehead atoms. The van der Waals surface area contributed by atoms with Gasteiger partial charge in [-0.15, -0.1) is 48.4 Å². The Morgan fingerprint density at radius 2 is 0.333 bits per heavy atom. The minimum atomic E-state index is -1.02. The summed E-state index contributed by atoms with van der Waals surface area (Å²) in [5.74, 6) is 0. The molecule has 0 aromatic rings. The van der Waals surface area contributed by atoms with E-state index in [9.17, 15) is 0 Å². The summed E-state index contributed by atoms with van der Waals surface area (Å²) < 4.78 is 0. The maximum absolute atomic E-state index is 2.53. The Labute approximate surface area is 206 Å². The van der Waals surface area contributed by atoms with Gasteiger partial charge in [-0.2, -0.15) is 0 Å².